The quantitative estimate of drug-likeness (QED) is 0.191. The second-order valence-corrected chi connectivity index (χ2v) is 13.5. The van der Waals surface area contributed by atoms with Gasteiger partial charge in [0.1, 0.15) is 11.5 Å². The first-order valence-electron chi connectivity index (χ1n) is 17.4. The summed E-state index contributed by atoms with van der Waals surface area (Å²) in [6, 6.07) is 53.6. The summed E-state index contributed by atoms with van der Waals surface area (Å²) in [5.74, 6) is 3.53. The number of hydrogen-bond acceptors (Lipinski definition) is 4. The number of ether oxygens (including phenoxy) is 1. The molecule has 0 N–H and O–H groups in total. The summed E-state index contributed by atoms with van der Waals surface area (Å²) in [4.78, 5) is 15.3. The fraction of sp³-hybridized carbons (Fsp3) is 0.0426. The maximum Gasteiger partial charge on any atom is 0.164 e. The van der Waals surface area contributed by atoms with Gasteiger partial charge in [0.2, 0.25) is 0 Å². The van der Waals surface area contributed by atoms with Crippen LogP contribution in [0.3, 0.4) is 0 Å². The fourth-order valence-electron chi connectivity index (χ4n) is 8.64. The maximum atomic E-state index is 6.80. The van der Waals surface area contributed by atoms with Crippen molar-refractivity contribution in [2.75, 3.05) is 0 Å². The molecule has 4 nitrogen and oxygen atoms in total. The van der Waals surface area contributed by atoms with E-state index < -0.39 is 5.41 Å². The summed E-state index contributed by atoms with van der Waals surface area (Å²) >= 11 is 0. The van der Waals surface area contributed by atoms with Gasteiger partial charge in [-0.1, -0.05) is 140 Å². The molecule has 0 fully saturated rings. The van der Waals surface area contributed by atoms with Crippen LogP contribution in [0.1, 0.15) is 33.4 Å². The minimum absolute atomic E-state index is 0.520. The summed E-state index contributed by atoms with van der Waals surface area (Å²) < 4.78 is 6.80. The minimum atomic E-state index is -0.520. The van der Waals surface area contributed by atoms with Crippen LogP contribution in [0.15, 0.2) is 158 Å². The van der Waals surface area contributed by atoms with E-state index in [1.54, 1.807) is 0 Å². The Hall–Kier alpha value is -6.65. The lowest BCUT2D eigenvalue weighted by Crippen LogP contribution is -2.32. The number of hydrogen-bond donors (Lipinski definition) is 0. The highest BCUT2D eigenvalue weighted by Crippen LogP contribution is 2.62. The molecule has 0 amide bonds. The van der Waals surface area contributed by atoms with Crippen molar-refractivity contribution < 1.29 is 4.74 Å². The van der Waals surface area contributed by atoms with Gasteiger partial charge in [-0.25, -0.2) is 15.0 Å². The molecule has 4 heteroatoms. The molecule has 2 aliphatic carbocycles. The lowest BCUT2D eigenvalue weighted by Gasteiger charge is -2.39. The van der Waals surface area contributed by atoms with Gasteiger partial charge in [-0.05, 0) is 74.8 Å². The summed E-state index contributed by atoms with van der Waals surface area (Å²) in [6.45, 7) is 0. The molecule has 1 aliphatic heterocycles. The molecular formula is C47H29N3O. The number of allylic oxidation sites excluding steroid dienone is 1. The van der Waals surface area contributed by atoms with E-state index >= 15 is 0 Å². The van der Waals surface area contributed by atoms with Crippen molar-refractivity contribution >= 4 is 16.8 Å². The molecule has 2 heterocycles. The average molecular weight is 652 g/mol. The molecular weight excluding hydrogens is 623 g/mol. The molecule has 0 bridgehead atoms. The number of nitrogens with zero attached hydrogens (tertiary/aromatic N) is 3. The monoisotopic (exact) mass is 651 g/mol. The first-order valence-corrected chi connectivity index (χ1v) is 17.4. The Bertz CT molecular complexity index is 2720. The largest absolute Gasteiger partial charge is 0.457 e. The molecule has 238 valence electrons. The molecule has 0 atom stereocenters. The van der Waals surface area contributed by atoms with Crippen molar-refractivity contribution in [3.05, 3.63) is 191 Å². The lowest BCUT2D eigenvalue weighted by atomic mass is 9.66. The van der Waals surface area contributed by atoms with Crippen molar-refractivity contribution in [2.24, 2.45) is 0 Å². The summed E-state index contributed by atoms with van der Waals surface area (Å²) in [7, 11) is 0. The van der Waals surface area contributed by atoms with Gasteiger partial charge >= 0.3 is 0 Å². The van der Waals surface area contributed by atoms with Crippen LogP contribution in [-0.2, 0) is 11.8 Å². The topological polar surface area (TPSA) is 47.9 Å². The van der Waals surface area contributed by atoms with Crippen molar-refractivity contribution in [3.8, 4) is 56.8 Å². The van der Waals surface area contributed by atoms with Crippen molar-refractivity contribution in [2.45, 2.75) is 11.8 Å². The minimum Gasteiger partial charge on any atom is -0.457 e. The molecule has 7 aromatic carbocycles. The standard InChI is InChI=1S/C47H29N3O/c1-2-12-30(13-3-1)44-48-45(50-46(49-44)34-26-31-16-10-14-29-15-11-17-32(27-34)43(29)31)33-24-25-40-42(28-33)51-41-23-9-8-22-39(41)47(40)37-20-6-4-18-35(37)36-19-5-7-21-38(36)47/h1-14,16-28H,15H2. The first kappa shape index (κ1) is 28.2. The molecule has 0 saturated heterocycles. The zero-order valence-corrected chi connectivity index (χ0v) is 27.5. The lowest BCUT2D eigenvalue weighted by molar-refractivity contribution is 0.436. The molecule has 0 radical (unpaired) electrons. The predicted molar refractivity (Wildman–Crippen MR) is 204 cm³/mol. The second kappa shape index (κ2) is 10.7. The van der Waals surface area contributed by atoms with Crippen LogP contribution in [-0.4, -0.2) is 15.0 Å². The number of rotatable bonds is 3. The van der Waals surface area contributed by atoms with Gasteiger partial charge in [0, 0.05) is 27.8 Å². The highest BCUT2D eigenvalue weighted by atomic mass is 16.5. The Balaban J connectivity index is 1.13. The Morgan fingerprint density at radius 3 is 1.90 bits per heavy atom. The van der Waals surface area contributed by atoms with Crippen LogP contribution >= 0.6 is 0 Å². The molecule has 11 rings (SSSR count). The van der Waals surface area contributed by atoms with Crippen LogP contribution in [0, 0.1) is 0 Å². The van der Waals surface area contributed by atoms with E-state index in [1.807, 2.05) is 36.4 Å². The molecule has 8 aromatic rings. The highest BCUT2D eigenvalue weighted by Gasteiger charge is 2.50. The van der Waals surface area contributed by atoms with E-state index in [2.05, 4.69) is 127 Å². The van der Waals surface area contributed by atoms with Gasteiger partial charge in [0.15, 0.2) is 17.5 Å². The molecule has 51 heavy (non-hydrogen) atoms. The highest BCUT2D eigenvalue weighted by molar-refractivity contribution is 5.98. The van der Waals surface area contributed by atoms with E-state index in [-0.39, 0.29) is 0 Å². The average Bonchev–Trinajstić information content (AvgIpc) is 3.49. The van der Waals surface area contributed by atoms with Crippen molar-refractivity contribution in [1.82, 2.24) is 15.0 Å². The Labute approximate surface area is 295 Å². The van der Waals surface area contributed by atoms with E-state index in [9.17, 15) is 0 Å². The summed E-state index contributed by atoms with van der Waals surface area (Å²) in [6.07, 6.45) is 5.39. The SMILES string of the molecule is C1=Cc2cc(-c3nc(-c4ccccc4)nc(-c4ccc5c(c4)Oc4ccccc4C54c5ccccc5-c5ccccc54)n3)cc3cccc(c23)C1. The predicted octanol–water partition coefficient (Wildman–Crippen LogP) is 11.1. The third kappa shape index (κ3) is 4.05. The van der Waals surface area contributed by atoms with Crippen LogP contribution in [0.2, 0.25) is 0 Å². The van der Waals surface area contributed by atoms with Crippen molar-refractivity contribution in [1.29, 1.82) is 0 Å². The fourth-order valence-corrected chi connectivity index (χ4v) is 8.64. The van der Waals surface area contributed by atoms with Crippen molar-refractivity contribution in [3.63, 3.8) is 0 Å². The van der Waals surface area contributed by atoms with E-state index in [4.69, 9.17) is 19.7 Å². The third-order valence-corrected chi connectivity index (χ3v) is 10.8. The van der Waals surface area contributed by atoms with Gasteiger partial charge in [0.05, 0.1) is 5.41 Å². The smallest absolute Gasteiger partial charge is 0.164 e. The van der Waals surface area contributed by atoms with E-state index in [0.29, 0.717) is 17.5 Å². The zero-order chi connectivity index (χ0) is 33.5. The molecule has 3 aliphatic rings. The molecule has 0 saturated carbocycles. The molecule has 0 unspecified atom stereocenters. The number of fused-ring (bicyclic) bond motifs is 9. The van der Waals surface area contributed by atoms with Gasteiger partial charge in [0.25, 0.3) is 0 Å². The van der Waals surface area contributed by atoms with Crippen LogP contribution < -0.4 is 4.74 Å². The van der Waals surface area contributed by atoms with Gasteiger partial charge in [-0.3, -0.25) is 0 Å². The number of aromatic nitrogens is 3. The second-order valence-electron chi connectivity index (χ2n) is 13.5. The summed E-state index contributed by atoms with van der Waals surface area (Å²) in [5, 5.41) is 2.49. The van der Waals surface area contributed by atoms with Crippen LogP contribution in [0.4, 0.5) is 0 Å². The first-order chi connectivity index (χ1) is 25.3. The Kier molecular flexibility index (Phi) is 5.90. The zero-order valence-electron chi connectivity index (χ0n) is 27.5. The van der Waals surface area contributed by atoms with Gasteiger partial charge in [-0.15, -0.1) is 0 Å². The molecule has 1 aromatic heterocycles. The third-order valence-electron chi connectivity index (χ3n) is 10.8. The van der Waals surface area contributed by atoms with Gasteiger partial charge < -0.3 is 4.74 Å². The van der Waals surface area contributed by atoms with Crippen LogP contribution in [0.25, 0.3) is 62.1 Å². The Morgan fingerprint density at radius 1 is 0.471 bits per heavy atom. The van der Waals surface area contributed by atoms with Crippen LogP contribution in [0.5, 0.6) is 11.5 Å². The normalized spacial score (nSPS) is 14.0. The summed E-state index contributed by atoms with van der Waals surface area (Å²) in [5.41, 5.74) is 12.1. The number of para-hydroxylation sites is 1. The number of benzene rings is 7. The Morgan fingerprint density at radius 2 is 1.12 bits per heavy atom. The van der Waals surface area contributed by atoms with Gasteiger partial charge in [-0.2, -0.15) is 0 Å². The molecule has 1 spiro atoms. The van der Waals surface area contributed by atoms with E-state index in [0.717, 1.165) is 45.7 Å². The maximum absolute atomic E-state index is 6.80. The van der Waals surface area contributed by atoms with E-state index in [1.165, 1.54) is 44.2 Å².